The summed E-state index contributed by atoms with van der Waals surface area (Å²) in [6.07, 6.45) is 6.82. The number of hydrogen-bond acceptors (Lipinski definition) is 9. The van der Waals surface area contributed by atoms with Crippen molar-refractivity contribution in [3.05, 3.63) is 30.5 Å². The summed E-state index contributed by atoms with van der Waals surface area (Å²) >= 11 is 0. The largest absolute Gasteiger partial charge is 0.508 e. The molecule has 0 saturated carbocycles. The number of nitrogens with one attached hydrogen (secondary N) is 1. The van der Waals surface area contributed by atoms with Crippen molar-refractivity contribution in [2.24, 2.45) is 7.05 Å². The van der Waals surface area contributed by atoms with Gasteiger partial charge in [0.25, 0.3) is 0 Å². The summed E-state index contributed by atoms with van der Waals surface area (Å²) in [4.78, 5) is 22.6. The summed E-state index contributed by atoms with van der Waals surface area (Å²) in [7, 11) is 1.82. The van der Waals surface area contributed by atoms with Crippen LogP contribution in [0.2, 0.25) is 0 Å². The highest BCUT2D eigenvalue weighted by molar-refractivity contribution is 5.97. The van der Waals surface area contributed by atoms with E-state index in [1.54, 1.807) is 23.2 Å². The quantitative estimate of drug-likeness (QED) is 0.379. The molecule has 7 heterocycles. The summed E-state index contributed by atoms with van der Waals surface area (Å²) in [5.41, 5.74) is 1.41. The molecule has 41 heavy (non-hydrogen) atoms. The molecule has 4 saturated heterocycles. The van der Waals surface area contributed by atoms with Gasteiger partial charge in [0.05, 0.1) is 28.3 Å². The van der Waals surface area contributed by atoms with Crippen molar-refractivity contribution in [3.63, 3.8) is 0 Å². The third-order valence-electron chi connectivity index (χ3n) is 9.44. The minimum absolute atomic E-state index is 0.0284. The van der Waals surface area contributed by atoms with E-state index in [0.29, 0.717) is 52.9 Å². The fourth-order valence-electron chi connectivity index (χ4n) is 7.59. The molecule has 2 bridgehead atoms. The average molecular weight is 563 g/mol. The zero-order valence-electron chi connectivity index (χ0n) is 22.9. The van der Waals surface area contributed by atoms with E-state index in [2.05, 4.69) is 30.1 Å². The molecular formula is C29H32F2N8O2. The van der Waals surface area contributed by atoms with Gasteiger partial charge in [-0.05, 0) is 38.3 Å². The Balaban J connectivity index is 1.25. The second-order valence-corrected chi connectivity index (χ2v) is 12.1. The van der Waals surface area contributed by atoms with E-state index >= 15 is 4.39 Å². The number of fused-ring (bicyclic) bond motifs is 5. The van der Waals surface area contributed by atoms with Crippen molar-refractivity contribution in [1.29, 1.82) is 0 Å². The number of aryl methyl sites for hydroxylation is 1. The monoisotopic (exact) mass is 562 g/mol. The lowest BCUT2D eigenvalue weighted by Crippen LogP contribution is -2.51. The van der Waals surface area contributed by atoms with E-state index in [-0.39, 0.29) is 35.1 Å². The minimum atomic E-state index is -0.875. The molecule has 4 atom stereocenters. The van der Waals surface area contributed by atoms with Gasteiger partial charge in [0.1, 0.15) is 35.6 Å². The smallest absolute Gasteiger partial charge is 0.319 e. The fraction of sp³-hybridized carbons (Fsp3) is 0.517. The lowest BCUT2D eigenvalue weighted by Gasteiger charge is -2.34. The zero-order chi connectivity index (χ0) is 27.9. The molecule has 8 rings (SSSR count). The lowest BCUT2D eigenvalue weighted by molar-refractivity contribution is 0.107. The number of pyridine rings is 1. The third kappa shape index (κ3) is 4.02. The van der Waals surface area contributed by atoms with Gasteiger partial charge >= 0.3 is 6.01 Å². The van der Waals surface area contributed by atoms with E-state index in [0.717, 1.165) is 45.3 Å². The van der Waals surface area contributed by atoms with Crippen LogP contribution in [0.4, 0.5) is 14.6 Å². The molecule has 0 amide bonds. The molecule has 4 aliphatic rings. The number of hydrogen-bond donors (Lipinski definition) is 2. The Morgan fingerprint density at radius 3 is 2.80 bits per heavy atom. The summed E-state index contributed by atoms with van der Waals surface area (Å²) in [6.45, 7) is 3.02. The molecule has 0 unspecified atom stereocenters. The predicted octanol–water partition coefficient (Wildman–Crippen LogP) is 3.32. The number of imidazole rings is 1. The predicted molar refractivity (Wildman–Crippen MR) is 149 cm³/mol. The number of nitrogens with zero attached hydrogens (tertiary/aromatic N) is 7. The molecule has 0 radical (unpaired) electrons. The number of aromatic hydroxyl groups is 1. The van der Waals surface area contributed by atoms with Gasteiger partial charge in [-0.25, -0.2) is 13.8 Å². The molecule has 4 aliphatic heterocycles. The molecule has 4 fully saturated rings. The molecule has 214 valence electrons. The maximum absolute atomic E-state index is 16.5. The molecule has 0 spiro atoms. The third-order valence-corrected chi connectivity index (χ3v) is 9.44. The molecule has 12 heteroatoms. The normalized spacial score (nSPS) is 27.8. The molecular weight excluding hydrogens is 530 g/mol. The first kappa shape index (κ1) is 25.1. The number of aromatic nitrogens is 5. The van der Waals surface area contributed by atoms with Gasteiger partial charge in [0.15, 0.2) is 5.82 Å². The van der Waals surface area contributed by atoms with Crippen molar-refractivity contribution in [1.82, 2.24) is 34.7 Å². The maximum atomic E-state index is 16.5. The Hall–Kier alpha value is -3.64. The van der Waals surface area contributed by atoms with Crippen molar-refractivity contribution < 1.29 is 18.6 Å². The van der Waals surface area contributed by atoms with E-state index in [4.69, 9.17) is 9.72 Å². The van der Waals surface area contributed by atoms with Crippen LogP contribution in [0.1, 0.15) is 32.1 Å². The number of benzene rings is 1. The van der Waals surface area contributed by atoms with Gasteiger partial charge in [-0.1, -0.05) is 0 Å². The molecule has 2 N–H and O–H groups in total. The van der Waals surface area contributed by atoms with Crippen molar-refractivity contribution in [3.8, 4) is 23.0 Å². The Kier molecular flexibility index (Phi) is 5.62. The van der Waals surface area contributed by atoms with Crippen molar-refractivity contribution >= 4 is 27.8 Å². The summed E-state index contributed by atoms with van der Waals surface area (Å²) in [6, 6.07) is 3.81. The van der Waals surface area contributed by atoms with Crippen LogP contribution in [0, 0.1) is 5.82 Å². The highest BCUT2D eigenvalue weighted by Crippen LogP contribution is 2.41. The second-order valence-electron chi connectivity index (χ2n) is 12.1. The van der Waals surface area contributed by atoms with E-state index in [9.17, 15) is 9.50 Å². The number of anilines is 1. The van der Waals surface area contributed by atoms with Crippen LogP contribution >= 0.6 is 0 Å². The summed E-state index contributed by atoms with van der Waals surface area (Å²) < 4.78 is 38.9. The number of ether oxygens (including phenoxy) is 1. The number of alkyl halides is 1. The molecule has 4 aromatic rings. The first-order valence-corrected chi connectivity index (χ1v) is 14.4. The van der Waals surface area contributed by atoms with E-state index < -0.39 is 12.0 Å². The second kappa shape index (κ2) is 9.18. The number of phenols is 1. The lowest BCUT2D eigenvalue weighted by atomic mass is 9.95. The molecule has 0 aliphatic carbocycles. The summed E-state index contributed by atoms with van der Waals surface area (Å²) in [5, 5.41) is 14.5. The van der Waals surface area contributed by atoms with Gasteiger partial charge in [0, 0.05) is 63.0 Å². The number of rotatable bonds is 5. The number of halogens is 2. The van der Waals surface area contributed by atoms with Gasteiger partial charge < -0.3 is 24.6 Å². The number of phenolic OH excluding ortho intramolecular Hbond substituents is 1. The van der Waals surface area contributed by atoms with Crippen molar-refractivity contribution in [2.45, 2.75) is 55.9 Å². The zero-order valence-corrected chi connectivity index (χ0v) is 22.9. The van der Waals surface area contributed by atoms with Gasteiger partial charge in [-0.2, -0.15) is 9.97 Å². The van der Waals surface area contributed by atoms with Crippen LogP contribution in [-0.4, -0.2) is 91.1 Å². The maximum Gasteiger partial charge on any atom is 0.319 e. The van der Waals surface area contributed by atoms with Crippen LogP contribution in [0.25, 0.3) is 33.2 Å². The fourth-order valence-corrected chi connectivity index (χ4v) is 7.59. The van der Waals surface area contributed by atoms with E-state index in [1.165, 1.54) is 6.07 Å². The molecule has 1 aromatic carbocycles. The Labute approximate surface area is 235 Å². The minimum Gasteiger partial charge on any atom is -0.508 e. The summed E-state index contributed by atoms with van der Waals surface area (Å²) in [5.74, 6) is -0.0506. The number of piperazine rings is 1. The Morgan fingerprint density at radius 2 is 1.98 bits per heavy atom. The Bertz CT molecular complexity index is 1670. The first-order chi connectivity index (χ1) is 19.9. The van der Waals surface area contributed by atoms with Crippen LogP contribution in [0.5, 0.6) is 11.8 Å². The highest BCUT2D eigenvalue weighted by Gasteiger charge is 2.49. The standard InChI is InChI=1S/C29H32F2N8O2/c1-37-15-33-22-8-19(40)7-20(26(22)37)24-23(31)25-21(10-32-24)27(38-12-17-3-4-18(13-38)34-17)36-28(35-25)41-14-29-5-2-6-39(29)11-16(30)9-29/h7-8,10,15-18,34,40H,2-6,9,11-14H2,1H3/t16-,17-,18+,29+/m1/s1. The van der Waals surface area contributed by atoms with Gasteiger partial charge in [0.2, 0.25) is 0 Å². The molecule has 10 nitrogen and oxygen atoms in total. The Morgan fingerprint density at radius 1 is 1.15 bits per heavy atom. The van der Waals surface area contributed by atoms with Crippen LogP contribution in [0.3, 0.4) is 0 Å². The topological polar surface area (TPSA) is 104 Å². The van der Waals surface area contributed by atoms with Crippen LogP contribution in [0.15, 0.2) is 24.7 Å². The van der Waals surface area contributed by atoms with Crippen LogP contribution in [-0.2, 0) is 7.05 Å². The van der Waals surface area contributed by atoms with Gasteiger partial charge in [-0.3, -0.25) is 9.88 Å². The highest BCUT2D eigenvalue weighted by atomic mass is 19.1. The first-order valence-electron chi connectivity index (χ1n) is 14.4. The van der Waals surface area contributed by atoms with E-state index in [1.807, 2.05) is 7.05 Å². The average Bonchev–Trinajstić information content (AvgIpc) is 3.69. The SMILES string of the molecule is Cn1cnc2cc(O)cc(-c3ncc4c(N5C[C@H]6CC[C@@H](C5)N6)nc(OC[C@@]56CCCN5C[C@H](F)C6)nc4c3F)c21. The van der Waals surface area contributed by atoms with Gasteiger partial charge in [-0.15, -0.1) is 0 Å². The molecule has 3 aromatic heterocycles. The van der Waals surface area contributed by atoms with Crippen LogP contribution < -0.4 is 15.0 Å². The van der Waals surface area contributed by atoms with Crippen molar-refractivity contribution in [2.75, 3.05) is 37.7 Å².